The normalized spacial score (nSPS) is 11.7. The quantitative estimate of drug-likeness (QED) is 0.504. The van der Waals surface area contributed by atoms with E-state index in [1.807, 2.05) is 0 Å². The monoisotopic (exact) mass is 413 g/mol. The molecule has 0 aliphatic heterocycles. The number of azo groups is 1. The minimum atomic E-state index is -3.98. The number of hydrogen-bond acceptors (Lipinski definition) is 7. The predicted octanol–water partition coefficient (Wildman–Crippen LogP) is 3.89. The highest BCUT2D eigenvalue weighted by Crippen LogP contribution is 2.28. The van der Waals surface area contributed by atoms with Crippen molar-refractivity contribution in [2.75, 3.05) is 0 Å². The predicted molar refractivity (Wildman–Crippen MR) is 108 cm³/mol. The van der Waals surface area contributed by atoms with Crippen LogP contribution in [-0.4, -0.2) is 18.1 Å². The Labute approximate surface area is 167 Å². The molecular formula is C20H19N3O5S. The van der Waals surface area contributed by atoms with E-state index in [9.17, 15) is 18.3 Å². The molecule has 150 valence electrons. The maximum absolute atomic E-state index is 12.3. The number of hydrogen-bond donors (Lipinski definition) is 1. The Kier molecular flexibility index (Phi) is 5.51. The number of nitrogens with zero attached hydrogens (tertiary/aromatic N) is 3. The van der Waals surface area contributed by atoms with Gasteiger partial charge in [-0.3, -0.25) is 9.36 Å². The highest BCUT2D eigenvalue weighted by Gasteiger charge is 2.16. The summed E-state index contributed by atoms with van der Waals surface area (Å²) in [5, 5.41) is 18.0. The molecule has 0 unspecified atom stereocenters. The van der Waals surface area contributed by atoms with Crippen molar-refractivity contribution in [3.05, 3.63) is 76.1 Å². The summed E-state index contributed by atoms with van der Waals surface area (Å²) >= 11 is 0. The van der Waals surface area contributed by atoms with Gasteiger partial charge in [-0.25, -0.2) is 0 Å². The Bertz CT molecular complexity index is 1250. The molecule has 0 aliphatic carbocycles. The highest BCUT2D eigenvalue weighted by atomic mass is 32.2. The Balaban J connectivity index is 1.91. The van der Waals surface area contributed by atoms with E-state index in [-0.39, 0.29) is 22.2 Å². The van der Waals surface area contributed by atoms with Gasteiger partial charge in [-0.1, -0.05) is 24.3 Å². The molecule has 9 heteroatoms. The van der Waals surface area contributed by atoms with Gasteiger partial charge in [0.15, 0.2) is 11.6 Å². The van der Waals surface area contributed by atoms with Crippen molar-refractivity contribution in [2.45, 2.75) is 18.7 Å². The zero-order valence-corrected chi connectivity index (χ0v) is 16.8. The summed E-state index contributed by atoms with van der Waals surface area (Å²) in [7, 11) is -2.54. The van der Waals surface area contributed by atoms with E-state index >= 15 is 0 Å². The lowest BCUT2D eigenvalue weighted by Gasteiger charge is -2.10. The molecule has 1 heterocycles. The average Bonchev–Trinajstić information content (AvgIpc) is 2.71. The summed E-state index contributed by atoms with van der Waals surface area (Å²) in [6, 6.07) is 13.8. The van der Waals surface area contributed by atoms with Gasteiger partial charge in [0.05, 0.1) is 5.69 Å². The molecular weight excluding hydrogens is 394 g/mol. The zero-order chi connectivity index (χ0) is 21.2. The lowest BCUT2D eigenvalue weighted by Crippen LogP contribution is -2.18. The van der Waals surface area contributed by atoms with E-state index in [4.69, 9.17) is 4.18 Å². The number of aromatic hydroxyl groups is 1. The van der Waals surface area contributed by atoms with Crippen molar-refractivity contribution < 1.29 is 17.7 Å². The van der Waals surface area contributed by atoms with Crippen LogP contribution in [0.25, 0.3) is 0 Å². The Hall–Kier alpha value is -3.46. The standard InChI is InChI=1S/C20H19N3O5S/c1-13-14(2)19(24)23(3)20(25)18(13)22-21-15-8-7-9-16(12-15)28-29(26,27)17-10-5-4-6-11-17/h4-12,24H,1-3H3. The van der Waals surface area contributed by atoms with Gasteiger partial charge in [-0.15, -0.1) is 5.11 Å². The van der Waals surface area contributed by atoms with Gasteiger partial charge in [0.2, 0.25) is 0 Å². The molecule has 3 rings (SSSR count). The minimum absolute atomic E-state index is 0.0331. The van der Waals surface area contributed by atoms with Gasteiger partial charge in [0.1, 0.15) is 10.6 Å². The number of rotatable bonds is 5. The molecule has 0 aliphatic rings. The fourth-order valence-electron chi connectivity index (χ4n) is 2.60. The molecule has 0 atom stereocenters. The second-order valence-electron chi connectivity index (χ2n) is 6.33. The molecule has 2 aromatic carbocycles. The van der Waals surface area contributed by atoms with Crippen molar-refractivity contribution in [1.82, 2.24) is 4.57 Å². The Morgan fingerprint density at radius 1 is 0.966 bits per heavy atom. The molecule has 0 bridgehead atoms. The topological polar surface area (TPSA) is 110 Å². The maximum Gasteiger partial charge on any atom is 0.339 e. The third-order valence-corrected chi connectivity index (χ3v) is 5.66. The summed E-state index contributed by atoms with van der Waals surface area (Å²) in [6.45, 7) is 3.34. The summed E-state index contributed by atoms with van der Waals surface area (Å²) in [5.74, 6) is -0.0650. The molecule has 8 nitrogen and oxygen atoms in total. The van der Waals surface area contributed by atoms with Crippen LogP contribution in [0.15, 0.2) is 74.5 Å². The largest absolute Gasteiger partial charge is 0.494 e. The van der Waals surface area contributed by atoms with Crippen molar-refractivity contribution in [3.63, 3.8) is 0 Å². The first-order valence-corrected chi connectivity index (χ1v) is 10.0. The molecule has 0 saturated carbocycles. The lowest BCUT2D eigenvalue weighted by molar-refractivity contribution is 0.418. The van der Waals surface area contributed by atoms with Crippen LogP contribution in [0.1, 0.15) is 11.1 Å². The third kappa shape index (κ3) is 4.19. The summed E-state index contributed by atoms with van der Waals surface area (Å²) in [5.41, 5.74) is 0.929. The molecule has 0 radical (unpaired) electrons. The van der Waals surface area contributed by atoms with Gasteiger partial charge >= 0.3 is 10.1 Å². The smallest absolute Gasteiger partial charge is 0.339 e. The maximum atomic E-state index is 12.3. The molecule has 0 spiro atoms. The first-order valence-electron chi connectivity index (χ1n) is 8.61. The first-order chi connectivity index (χ1) is 13.7. The van der Waals surface area contributed by atoms with Crippen LogP contribution in [0, 0.1) is 13.8 Å². The van der Waals surface area contributed by atoms with E-state index in [1.165, 1.54) is 31.3 Å². The van der Waals surface area contributed by atoms with Crippen LogP contribution < -0.4 is 9.74 Å². The second-order valence-corrected chi connectivity index (χ2v) is 7.88. The molecule has 3 aromatic rings. The van der Waals surface area contributed by atoms with Crippen LogP contribution >= 0.6 is 0 Å². The first kappa shape index (κ1) is 20.3. The summed E-state index contributed by atoms with van der Waals surface area (Å²) < 4.78 is 30.9. The van der Waals surface area contributed by atoms with Gasteiger partial charge in [-0.2, -0.15) is 13.5 Å². The molecule has 1 aromatic heterocycles. The minimum Gasteiger partial charge on any atom is -0.494 e. The van der Waals surface area contributed by atoms with Gasteiger partial charge < -0.3 is 9.29 Å². The molecule has 0 saturated heterocycles. The number of pyridine rings is 1. The SMILES string of the molecule is Cc1c(C)c(O)n(C)c(=O)c1N=Nc1cccc(OS(=O)(=O)c2ccccc2)c1. The van der Waals surface area contributed by atoms with Gasteiger partial charge in [0, 0.05) is 18.7 Å². The summed E-state index contributed by atoms with van der Waals surface area (Å²) in [6.07, 6.45) is 0. The fraction of sp³-hybridized carbons (Fsp3) is 0.150. The van der Waals surface area contributed by atoms with Crippen LogP contribution in [0.5, 0.6) is 11.6 Å². The Morgan fingerprint density at radius 2 is 1.66 bits per heavy atom. The van der Waals surface area contributed by atoms with Crippen molar-refractivity contribution >= 4 is 21.5 Å². The van der Waals surface area contributed by atoms with Crippen molar-refractivity contribution in [1.29, 1.82) is 0 Å². The van der Waals surface area contributed by atoms with E-state index in [0.717, 1.165) is 4.57 Å². The molecule has 0 amide bonds. The summed E-state index contributed by atoms with van der Waals surface area (Å²) in [4.78, 5) is 12.4. The van der Waals surface area contributed by atoms with Gasteiger partial charge in [0.25, 0.3) is 5.56 Å². The van der Waals surface area contributed by atoms with Crippen LogP contribution in [0.3, 0.4) is 0 Å². The molecule has 1 N–H and O–H groups in total. The van der Waals surface area contributed by atoms with Crippen LogP contribution in [0.4, 0.5) is 11.4 Å². The second kappa shape index (κ2) is 7.88. The van der Waals surface area contributed by atoms with E-state index in [2.05, 4.69) is 10.2 Å². The number of aromatic nitrogens is 1. The van der Waals surface area contributed by atoms with Crippen LogP contribution in [0.2, 0.25) is 0 Å². The molecule has 0 fully saturated rings. The highest BCUT2D eigenvalue weighted by molar-refractivity contribution is 7.87. The number of benzene rings is 2. The van der Waals surface area contributed by atoms with Crippen LogP contribution in [-0.2, 0) is 17.2 Å². The van der Waals surface area contributed by atoms with E-state index in [1.54, 1.807) is 44.2 Å². The molecule has 29 heavy (non-hydrogen) atoms. The average molecular weight is 413 g/mol. The van der Waals surface area contributed by atoms with Crippen molar-refractivity contribution in [2.24, 2.45) is 17.3 Å². The van der Waals surface area contributed by atoms with Gasteiger partial charge in [-0.05, 0) is 43.7 Å². The van der Waals surface area contributed by atoms with E-state index in [0.29, 0.717) is 16.8 Å². The fourth-order valence-corrected chi connectivity index (χ4v) is 3.54. The van der Waals surface area contributed by atoms with E-state index < -0.39 is 15.7 Å². The lowest BCUT2D eigenvalue weighted by atomic mass is 10.1. The third-order valence-electron chi connectivity index (χ3n) is 4.40. The zero-order valence-electron chi connectivity index (χ0n) is 16.0. The van der Waals surface area contributed by atoms with Crippen molar-refractivity contribution in [3.8, 4) is 11.6 Å². The Morgan fingerprint density at radius 3 is 2.34 bits per heavy atom.